The fourth-order valence-electron chi connectivity index (χ4n) is 4.35. The molecule has 0 spiro atoms. The fourth-order valence-corrected chi connectivity index (χ4v) is 4.35. The highest BCUT2D eigenvalue weighted by atomic mass is 16.5. The molecule has 0 saturated carbocycles. The molecule has 0 bridgehead atoms. The molecule has 190 valence electrons. The van der Waals surface area contributed by atoms with Crippen LogP contribution in [0.25, 0.3) is 5.76 Å². The molecule has 8 nitrogen and oxygen atoms in total. The number of ketones is 1. The first-order chi connectivity index (χ1) is 17.7. The number of ether oxygens (including phenoxy) is 1. The zero-order valence-electron chi connectivity index (χ0n) is 20.8. The number of likely N-dealkylation sites (tertiary alicyclic amines) is 1. The zero-order chi connectivity index (χ0) is 26.7. The van der Waals surface area contributed by atoms with Gasteiger partial charge in [0.15, 0.2) is 0 Å². The summed E-state index contributed by atoms with van der Waals surface area (Å²) in [7, 11) is 3.82. The van der Waals surface area contributed by atoms with Gasteiger partial charge in [-0.2, -0.15) is 0 Å². The van der Waals surface area contributed by atoms with Gasteiger partial charge >= 0.3 is 5.97 Å². The maximum atomic E-state index is 13.3. The van der Waals surface area contributed by atoms with E-state index in [1.165, 1.54) is 17.0 Å². The minimum absolute atomic E-state index is 0.0154. The van der Waals surface area contributed by atoms with Gasteiger partial charge in [-0.05, 0) is 54.4 Å². The number of rotatable bonds is 8. The van der Waals surface area contributed by atoms with E-state index in [4.69, 9.17) is 4.74 Å². The van der Waals surface area contributed by atoms with E-state index in [1.54, 1.807) is 36.4 Å². The van der Waals surface area contributed by atoms with E-state index in [9.17, 15) is 24.6 Å². The van der Waals surface area contributed by atoms with Crippen LogP contribution >= 0.6 is 0 Å². The molecule has 1 heterocycles. The van der Waals surface area contributed by atoms with E-state index >= 15 is 0 Å². The molecule has 0 radical (unpaired) electrons. The summed E-state index contributed by atoms with van der Waals surface area (Å²) in [5, 5.41) is 20.5. The monoisotopic (exact) mass is 500 g/mol. The summed E-state index contributed by atoms with van der Waals surface area (Å²) in [4.78, 5) is 41.1. The molecule has 1 fully saturated rings. The summed E-state index contributed by atoms with van der Waals surface area (Å²) in [6.07, 6.45) is 0. The highest BCUT2D eigenvalue weighted by Crippen LogP contribution is 2.41. The molecular weight excluding hydrogens is 472 g/mol. The van der Waals surface area contributed by atoms with Gasteiger partial charge in [0.2, 0.25) is 0 Å². The minimum Gasteiger partial charge on any atom is -0.507 e. The van der Waals surface area contributed by atoms with Gasteiger partial charge in [-0.1, -0.05) is 36.4 Å². The van der Waals surface area contributed by atoms with Crippen LogP contribution in [0.5, 0.6) is 5.75 Å². The normalized spacial score (nSPS) is 16.6. The second-order valence-electron chi connectivity index (χ2n) is 8.88. The van der Waals surface area contributed by atoms with Crippen molar-refractivity contribution in [1.82, 2.24) is 4.90 Å². The van der Waals surface area contributed by atoms with Gasteiger partial charge < -0.3 is 24.7 Å². The van der Waals surface area contributed by atoms with Gasteiger partial charge in [0, 0.05) is 31.9 Å². The van der Waals surface area contributed by atoms with E-state index in [2.05, 4.69) is 0 Å². The van der Waals surface area contributed by atoms with Crippen molar-refractivity contribution in [3.63, 3.8) is 0 Å². The van der Waals surface area contributed by atoms with Crippen molar-refractivity contribution in [3.05, 3.63) is 101 Å². The Hall–Kier alpha value is -4.59. The van der Waals surface area contributed by atoms with E-state index in [0.717, 1.165) is 5.69 Å². The summed E-state index contributed by atoms with van der Waals surface area (Å²) in [6, 6.07) is 19.4. The Bertz CT molecular complexity index is 1360. The number of carbonyl (C=O) groups excluding carboxylic acids is 2. The van der Waals surface area contributed by atoms with Crippen molar-refractivity contribution >= 4 is 29.1 Å². The third-order valence-corrected chi connectivity index (χ3v) is 6.24. The average molecular weight is 501 g/mol. The molecular formula is C29H28N2O6. The number of hydrogen-bond acceptors (Lipinski definition) is 6. The molecule has 1 amide bonds. The largest absolute Gasteiger partial charge is 0.507 e. The minimum atomic E-state index is -1.05. The average Bonchev–Trinajstić information content (AvgIpc) is 3.14. The molecule has 8 heteroatoms. The number of hydrogen-bond donors (Lipinski definition) is 2. The SMILES string of the molecule is CCOc1cccc(/C(O)=C2\C(=O)C(=O)N(Cc3ccc(C(=O)O)cc3)C2c2ccc(N(C)C)cc2)c1. The standard InChI is InChI=1S/C29H28N2O6/c1-4-37-23-7-5-6-21(16-23)26(32)24-25(19-12-14-22(15-13-19)30(2)3)31(28(34)27(24)33)17-18-8-10-20(11-9-18)29(35)36/h5-16,25,32H,4,17H2,1-3H3,(H,35,36)/b26-24+. The molecule has 37 heavy (non-hydrogen) atoms. The zero-order valence-corrected chi connectivity index (χ0v) is 20.8. The number of aliphatic hydroxyl groups excluding tert-OH is 1. The third-order valence-electron chi connectivity index (χ3n) is 6.24. The number of carboxylic acid groups (broad SMARTS) is 1. The predicted octanol–water partition coefficient (Wildman–Crippen LogP) is 4.47. The van der Waals surface area contributed by atoms with E-state index in [0.29, 0.717) is 29.0 Å². The van der Waals surface area contributed by atoms with Crippen LogP contribution in [0.15, 0.2) is 78.4 Å². The number of nitrogens with zero attached hydrogens (tertiary/aromatic N) is 2. The van der Waals surface area contributed by atoms with Gasteiger partial charge in [-0.25, -0.2) is 4.79 Å². The lowest BCUT2D eigenvalue weighted by atomic mass is 9.95. The lowest BCUT2D eigenvalue weighted by molar-refractivity contribution is -0.140. The molecule has 0 aromatic heterocycles. The van der Waals surface area contributed by atoms with Crippen molar-refractivity contribution in [2.75, 3.05) is 25.6 Å². The Kier molecular flexibility index (Phi) is 7.29. The number of aromatic carboxylic acids is 1. The van der Waals surface area contributed by atoms with Gasteiger partial charge in [0.05, 0.1) is 23.8 Å². The Morgan fingerprint density at radius 2 is 1.62 bits per heavy atom. The number of carbonyl (C=O) groups is 3. The van der Waals surface area contributed by atoms with Crippen LogP contribution in [0.1, 0.15) is 40.0 Å². The molecule has 1 atom stereocenters. The van der Waals surface area contributed by atoms with Crippen LogP contribution in [0, 0.1) is 0 Å². The van der Waals surface area contributed by atoms with Gasteiger partial charge in [-0.3, -0.25) is 9.59 Å². The molecule has 0 aliphatic carbocycles. The van der Waals surface area contributed by atoms with Gasteiger partial charge in [0.25, 0.3) is 11.7 Å². The third kappa shape index (κ3) is 5.18. The van der Waals surface area contributed by atoms with Crippen molar-refractivity contribution in [2.24, 2.45) is 0 Å². The molecule has 1 aliphatic rings. The summed E-state index contributed by atoms with van der Waals surface area (Å²) < 4.78 is 5.54. The molecule has 3 aromatic carbocycles. The quantitative estimate of drug-likeness (QED) is 0.267. The number of Topliss-reactive ketones (excluding diaryl/α,β-unsaturated/α-hetero) is 1. The van der Waals surface area contributed by atoms with Crippen LogP contribution in [0.4, 0.5) is 5.69 Å². The van der Waals surface area contributed by atoms with Crippen LogP contribution in [-0.4, -0.2) is 53.5 Å². The van der Waals surface area contributed by atoms with Crippen molar-refractivity contribution in [2.45, 2.75) is 19.5 Å². The van der Waals surface area contributed by atoms with Crippen molar-refractivity contribution in [1.29, 1.82) is 0 Å². The first-order valence-electron chi connectivity index (χ1n) is 11.8. The number of amides is 1. The summed E-state index contributed by atoms with van der Waals surface area (Å²) in [5.74, 6) is -2.34. The maximum absolute atomic E-state index is 13.3. The van der Waals surface area contributed by atoms with Crippen LogP contribution in [0.2, 0.25) is 0 Å². The van der Waals surface area contributed by atoms with E-state index in [1.807, 2.05) is 50.2 Å². The molecule has 1 saturated heterocycles. The summed E-state index contributed by atoms with van der Waals surface area (Å²) >= 11 is 0. The van der Waals surface area contributed by atoms with Gasteiger partial charge in [-0.15, -0.1) is 0 Å². The summed E-state index contributed by atoms with van der Waals surface area (Å²) in [6.45, 7) is 2.34. The van der Waals surface area contributed by atoms with E-state index in [-0.39, 0.29) is 23.4 Å². The number of benzene rings is 3. The summed E-state index contributed by atoms with van der Waals surface area (Å²) in [5.41, 5.74) is 2.72. The molecule has 1 aliphatic heterocycles. The number of carboxylic acids is 1. The fraction of sp³-hybridized carbons (Fsp3) is 0.207. The Morgan fingerprint density at radius 1 is 0.946 bits per heavy atom. The van der Waals surface area contributed by atoms with Crippen LogP contribution in [0.3, 0.4) is 0 Å². The van der Waals surface area contributed by atoms with Crippen molar-refractivity contribution < 1.29 is 29.3 Å². The molecule has 1 unspecified atom stereocenters. The number of aliphatic hydroxyl groups is 1. The van der Waals surface area contributed by atoms with E-state index < -0.39 is 23.7 Å². The van der Waals surface area contributed by atoms with Crippen LogP contribution in [-0.2, 0) is 16.1 Å². The molecule has 3 aromatic rings. The first kappa shape index (κ1) is 25.5. The predicted molar refractivity (Wildman–Crippen MR) is 140 cm³/mol. The number of anilines is 1. The maximum Gasteiger partial charge on any atom is 0.335 e. The first-order valence-corrected chi connectivity index (χ1v) is 11.8. The Labute approximate surface area is 215 Å². The second-order valence-corrected chi connectivity index (χ2v) is 8.88. The smallest absolute Gasteiger partial charge is 0.335 e. The van der Waals surface area contributed by atoms with Crippen molar-refractivity contribution in [3.8, 4) is 5.75 Å². The highest BCUT2D eigenvalue weighted by molar-refractivity contribution is 6.46. The van der Waals surface area contributed by atoms with Gasteiger partial charge in [0.1, 0.15) is 11.5 Å². The molecule has 2 N–H and O–H groups in total. The Morgan fingerprint density at radius 3 is 2.22 bits per heavy atom. The van der Waals surface area contributed by atoms with Crippen LogP contribution < -0.4 is 9.64 Å². The highest BCUT2D eigenvalue weighted by Gasteiger charge is 2.46. The topological polar surface area (TPSA) is 107 Å². The molecule has 4 rings (SSSR count). The Balaban J connectivity index is 1.82. The lowest BCUT2D eigenvalue weighted by Gasteiger charge is -2.26. The lowest BCUT2D eigenvalue weighted by Crippen LogP contribution is -2.29. The second kappa shape index (κ2) is 10.6.